The van der Waals surface area contributed by atoms with Crippen LogP contribution in [0.3, 0.4) is 0 Å². The van der Waals surface area contributed by atoms with Gasteiger partial charge in [-0.15, -0.1) is 24.1 Å². The molecule has 1 aromatic heterocycles. The summed E-state index contributed by atoms with van der Waals surface area (Å²) in [5, 5.41) is 9.28. The number of aromatic carboxylic acids is 1. The Bertz CT molecular complexity index is 516. The molecule has 0 fully saturated rings. The van der Waals surface area contributed by atoms with E-state index in [2.05, 4.69) is 15.9 Å². The molecule has 1 aromatic rings. The highest BCUT2D eigenvalue weighted by atomic mass is 32.2. The minimum absolute atomic E-state index is 0.0512. The Morgan fingerprint density at radius 2 is 2.35 bits per heavy atom. The van der Waals surface area contributed by atoms with Crippen molar-refractivity contribution in [2.75, 3.05) is 5.75 Å². The number of unbranched alkanes of at least 4 members (excludes halogenated alkanes) is 1. The van der Waals surface area contributed by atoms with Gasteiger partial charge in [-0.25, -0.2) is 9.59 Å². The van der Waals surface area contributed by atoms with Gasteiger partial charge in [0, 0.05) is 17.9 Å². The molecule has 6 heteroatoms. The molecule has 1 heterocycles. The van der Waals surface area contributed by atoms with E-state index in [1.807, 2.05) is 0 Å². The molecule has 2 N–H and O–H groups in total. The topological polar surface area (TPSA) is 83.0 Å². The second-order valence-electron chi connectivity index (χ2n) is 3.31. The summed E-state index contributed by atoms with van der Waals surface area (Å²) in [5.41, 5.74) is -0.167. The van der Waals surface area contributed by atoms with Gasteiger partial charge in [-0.2, -0.15) is 4.98 Å². The van der Waals surface area contributed by atoms with Crippen molar-refractivity contribution in [3.05, 3.63) is 21.7 Å². The van der Waals surface area contributed by atoms with E-state index < -0.39 is 11.7 Å². The molecule has 0 saturated heterocycles. The number of aromatic nitrogens is 2. The van der Waals surface area contributed by atoms with Crippen molar-refractivity contribution in [1.29, 1.82) is 0 Å². The van der Waals surface area contributed by atoms with Crippen molar-refractivity contribution in [1.82, 2.24) is 9.97 Å². The van der Waals surface area contributed by atoms with Crippen molar-refractivity contribution in [3.8, 4) is 12.3 Å². The number of hydrogen-bond donors (Lipinski definition) is 2. The smallest absolute Gasteiger partial charge is 0.346 e. The number of nitrogens with one attached hydrogen (secondary N) is 1. The summed E-state index contributed by atoms with van der Waals surface area (Å²) in [5.74, 6) is 2.04. The van der Waals surface area contributed by atoms with E-state index in [-0.39, 0.29) is 10.6 Å². The van der Waals surface area contributed by atoms with Crippen LogP contribution >= 0.6 is 11.8 Å². The first kappa shape index (κ1) is 13.3. The summed E-state index contributed by atoms with van der Waals surface area (Å²) in [4.78, 5) is 28.2. The van der Waals surface area contributed by atoms with E-state index in [1.54, 1.807) is 0 Å². The number of hydrogen-bond acceptors (Lipinski definition) is 4. The first-order valence-electron chi connectivity index (χ1n) is 4.96. The largest absolute Gasteiger partial charge is 0.478 e. The maximum atomic E-state index is 11.2. The van der Waals surface area contributed by atoms with Gasteiger partial charge >= 0.3 is 11.7 Å². The standard InChI is InChI=1S/C11H12N2O3S/c1-3-4-5-6-17-9-8(10(14)15)7(2)12-11(16)13-9/h1H,4-6H2,2H3,(H,14,15)(H,12,13,16). The second-order valence-corrected chi connectivity index (χ2v) is 4.39. The molecule has 0 radical (unpaired) electrons. The average molecular weight is 252 g/mol. The third kappa shape index (κ3) is 3.64. The molecule has 0 aliphatic rings. The van der Waals surface area contributed by atoms with Gasteiger partial charge in [0.25, 0.3) is 0 Å². The van der Waals surface area contributed by atoms with Crippen molar-refractivity contribution in [2.24, 2.45) is 0 Å². The SMILES string of the molecule is C#CCCCSc1nc(=O)[nH]c(C)c1C(=O)O. The predicted molar refractivity (Wildman–Crippen MR) is 65.3 cm³/mol. The number of carbonyl (C=O) groups is 1. The summed E-state index contributed by atoms with van der Waals surface area (Å²) >= 11 is 1.24. The van der Waals surface area contributed by atoms with Crippen LogP contribution in [-0.4, -0.2) is 26.8 Å². The molecule has 90 valence electrons. The maximum Gasteiger partial charge on any atom is 0.346 e. The van der Waals surface area contributed by atoms with Gasteiger partial charge in [-0.3, -0.25) is 0 Å². The zero-order valence-corrected chi connectivity index (χ0v) is 10.1. The van der Waals surface area contributed by atoms with Crippen LogP contribution in [0.5, 0.6) is 0 Å². The van der Waals surface area contributed by atoms with Gasteiger partial charge in [0.2, 0.25) is 0 Å². The van der Waals surface area contributed by atoms with E-state index in [0.29, 0.717) is 17.9 Å². The average Bonchev–Trinajstić information content (AvgIpc) is 2.22. The first-order chi connectivity index (χ1) is 8.06. The first-order valence-corrected chi connectivity index (χ1v) is 5.95. The fraction of sp³-hybridized carbons (Fsp3) is 0.364. The molecule has 0 spiro atoms. The molecular formula is C11H12N2O3S. The summed E-state index contributed by atoms with van der Waals surface area (Å²) in [6, 6.07) is 0. The van der Waals surface area contributed by atoms with E-state index in [0.717, 1.165) is 6.42 Å². The van der Waals surface area contributed by atoms with Gasteiger partial charge in [-0.1, -0.05) is 0 Å². The van der Waals surface area contributed by atoms with E-state index >= 15 is 0 Å². The molecule has 0 amide bonds. The Balaban J connectivity index is 2.93. The van der Waals surface area contributed by atoms with Crippen LogP contribution in [0.1, 0.15) is 28.9 Å². The van der Waals surface area contributed by atoms with Gasteiger partial charge in [0.05, 0.1) is 0 Å². The van der Waals surface area contributed by atoms with Crippen LogP contribution in [0.15, 0.2) is 9.82 Å². The summed E-state index contributed by atoms with van der Waals surface area (Å²) in [7, 11) is 0. The second kappa shape index (κ2) is 6.11. The maximum absolute atomic E-state index is 11.2. The van der Waals surface area contributed by atoms with Crippen molar-refractivity contribution in [3.63, 3.8) is 0 Å². The lowest BCUT2D eigenvalue weighted by Gasteiger charge is -2.06. The Morgan fingerprint density at radius 1 is 1.65 bits per heavy atom. The third-order valence-electron chi connectivity index (χ3n) is 2.00. The molecule has 0 aliphatic heterocycles. The number of thioether (sulfide) groups is 1. The van der Waals surface area contributed by atoms with Crippen molar-refractivity contribution in [2.45, 2.75) is 24.8 Å². The van der Waals surface area contributed by atoms with Crippen molar-refractivity contribution < 1.29 is 9.90 Å². The van der Waals surface area contributed by atoms with Crippen LogP contribution in [0.4, 0.5) is 0 Å². The Morgan fingerprint density at radius 3 is 2.94 bits per heavy atom. The lowest BCUT2D eigenvalue weighted by Crippen LogP contribution is -2.18. The monoisotopic (exact) mass is 252 g/mol. The van der Waals surface area contributed by atoms with Gasteiger partial charge in [-0.05, 0) is 13.3 Å². The summed E-state index contributed by atoms with van der Waals surface area (Å²) < 4.78 is 0. The zero-order valence-electron chi connectivity index (χ0n) is 9.32. The number of aromatic amines is 1. The molecule has 0 atom stereocenters. The third-order valence-corrected chi connectivity index (χ3v) is 3.07. The number of carboxylic acid groups (broad SMARTS) is 1. The highest BCUT2D eigenvalue weighted by Gasteiger charge is 2.16. The molecule has 0 bridgehead atoms. The minimum atomic E-state index is -1.09. The van der Waals surface area contributed by atoms with Crippen LogP contribution in [0, 0.1) is 19.3 Å². The molecule has 0 aliphatic carbocycles. The normalized spacial score (nSPS) is 9.88. The fourth-order valence-corrected chi connectivity index (χ4v) is 2.27. The number of carboxylic acids is 1. The number of nitrogens with zero attached hydrogens (tertiary/aromatic N) is 1. The highest BCUT2D eigenvalue weighted by molar-refractivity contribution is 7.99. The molecule has 17 heavy (non-hydrogen) atoms. The summed E-state index contributed by atoms with van der Waals surface area (Å²) in [6.45, 7) is 1.54. The quantitative estimate of drug-likeness (QED) is 0.357. The summed E-state index contributed by atoms with van der Waals surface area (Å²) in [6.07, 6.45) is 6.49. The highest BCUT2D eigenvalue weighted by Crippen LogP contribution is 2.21. The van der Waals surface area contributed by atoms with Gasteiger partial charge in [0.15, 0.2) is 0 Å². The number of H-pyrrole nitrogens is 1. The number of terminal acetylenes is 1. The van der Waals surface area contributed by atoms with E-state index in [1.165, 1.54) is 18.7 Å². The zero-order chi connectivity index (χ0) is 12.8. The molecule has 1 rings (SSSR count). The molecule has 0 aromatic carbocycles. The Kier molecular flexibility index (Phi) is 4.79. The predicted octanol–water partition coefficient (Wildman–Crippen LogP) is 1.28. The van der Waals surface area contributed by atoms with Crippen LogP contribution < -0.4 is 5.69 Å². The fourth-order valence-electron chi connectivity index (χ4n) is 1.26. The lowest BCUT2D eigenvalue weighted by molar-refractivity contribution is 0.0690. The molecular weight excluding hydrogens is 240 g/mol. The number of rotatable bonds is 5. The van der Waals surface area contributed by atoms with E-state index in [4.69, 9.17) is 11.5 Å². The minimum Gasteiger partial charge on any atom is -0.478 e. The van der Waals surface area contributed by atoms with Crippen LogP contribution in [-0.2, 0) is 0 Å². The van der Waals surface area contributed by atoms with Crippen LogP contribution in [0.25, 0.3) is 0 Å². The molecule has 0 saturated carbocycles. The van der Waals surface area contributed by atoms with E-state index in [9.17, 15) is 9.59 Å². The van der Waals surface area contributed by atoms with Gasteiger partial charge < -0.3 is 10.1 Å². The van der Waals surface area contributed by atoms with Gasteiger partial charge in [0.1, 0.15) is 10.6 Å². The van der Waals surface area contributed by atoms with Crippen LogP contribution in [0.2, 0.25) is 0 Å². The lowest BCUT2D eigenvalue weighted by atomic mass is 10.2. The Labute approximate surface area is 103 Å². The Hall–Kier alpha value is -1.74. The molecule has 0 unspecified atom stereocenters. The molecule has 5 nitrogen and oxygen atoms in total. The number of aryl methyl sites for hydroxylation is 1. The van der Waals surface area contributed by atoms with Crippen molar-refractivity contribution >= 4 is 17.7 Å².